The third kappa shape index (κ3) is 6.10. The maximum absolute atomic E-state index is 6.20. The Kier molecular flexibility index (Phi) is 7.61. The Labute approximate surface area is 175 Å². The van der Waals surface area contributed by atoms with Crippen molar-refractivity contribution in [1.82, 2.24) is 20.4 Å². The minimum Gasteiger partial charge on any atom is -0.357 e. The van der Waals surface area contributed by atoms with Gasteiger partial charge in [-0.05, 0) is 50.4 Å². The molecule has 0 spiro atoms. The second-order valence-corrected chi connectivity index (χ2v) is 9.01. The van der Waals surface area contributed by atoms with Crippen LogP contribution in [0.2, 0.25) is 5.02 Å². The maximum atomic E-state index is 6.20. The predicted molar refractivity (Wildman–Crippen MR) is 119 cm³/mol. The molecular weight excluding hydrogens is 370 g/mol. The lowest BCUT2D eigenvalue weighted by atomic mass is 9.96. The van der Waals surface area contributed by atoms with Crippen LogP contribution in [0.3, 0.4) is 0 Å². The van der Waals surface area contributed by atoms with E-state index < -0.39 is 0 Å². The minimum absolute atomic E-state index is 0.179. The van der Waals surface area contributed by atoms with Crippen LogP contribution in [-0.4, -0.2) is 75.2 Å². The molecule has 28 heavy (non-hydrogen) atoms. The number of benzene rings is 1. The van der Waals surface area contributed by atoms with Crippen molar-refractivity contribution in [3.63, 3.8) is 0 Å². The molecule has 3 rings (SSSR count). The minimum atomic E-state index is 0.179. The van der Waals surface area contributed by atoms with Gasteiger partial charge in [-0.15, -0.1) is 0 Å². The van der Waals surface area contributed by atoms with Crippen LogP contribution in [0.1, 0.15) is 32.3 Å². The predicted octanol–water partition coefficient (Wildman–Crippen LogP) is 2.81. The quantitative estimate of drug-likeness (QED) is 0.515. The van der Waals surface area contributed by atoms with Crippen molar-refractivity contribution in [2.45, 2.75) is 32.1 Å². The number of halogens is 1. The van der Waals surface area contributed by atoms with Crippen LogP contribution < -0.4 is 10.6 Å². The summed E-state index contributed by atoms with van der Waals surface area (Å²) in [5, 5.41) is 7.78. The zero-order valence-electron chi connectivity index (χ0n) is 17.7. The summed E-state index contributed by atoms with van der Waals surface area (Å²) in [7, 11) is 2.21. The molecule has 1 aromatic rings. The highest BCUT2D eigenvalue weighted by Gasteiger charge is 2.44. The molecule has 1 aromatic carbocycles. The second kappa shape index (κ2) is 9.95. The van der Waals surface area contributed by atoms with E-state index in [0.717, 1.165) is 37.2 Å². The van der Waals surface area contributed by atoms with Crippen molar-refractivity contribution in [1.29, 1.82) is 0 Å². The Bertz CT molecular complexity index is 650. The first-order chi connectivity index (χ1) is 13.5. The average molecular weight is 406 g/mol. The number of aliphatic imine (C=N–C) groups is 1. The monoisotopic (exact) mass is 405 g/mol. The Balaban J connectivity index is 1.50. The third-order valence-corrected chi connectivity index (χ3v) is 6.19. The molecule has 1 unspecified atom stereocenters. The Morgan fingerprint density at radius 3 is 2.61 bits per heavy atom. The lowest BCUT2D eigenvalue weighted by molar-refractivity contribution is 0.139. The van der Waals surface area contributed by atoms with E-state index in [1.165, 1.54) is 44.6 Å². The van der Waals surface area contributed by atoms with E-state index in [4.69, 9.17) is 16.6 Å². The topological polar surface area (TPSA) is 42.9 Å². The highest BCUT2D eigenvalue weighted by Crippen LogP contribution is 2.48. The van der Waals surface area contributed by atoms with Crippen molar-refractivity contribution in [2.75, 3.05) is 59.4 Å². The van der Waals surface area contributed by atoms with Gasteiger partial charge in [0.1, 0.15) is 0 Å². The molecule has 156 valence electrons. The van der Waals surface area contributed by atoms with E-state index >= 15 is 0 Å². The number of nitrogens with one attached hydrogen (secondary N) is 2. The van der Waals surface area contributed by atoms with Gasteiger partial charge in [-0.2, -0.15) is 0 Å². The van der Waals surface area contributed by atoms with Crippen molar-refractivity contribution < 1.29 is 0 Å². The third-order valence-electron chi connectivity index (χ3n) is 5.96. The zero-order chi connectivity index (χ0) is 20.0. The van der Waals surface area contributed by atoms with Gasteiger partial charge in [-0.1, -0.05) is 30.7 Å². The number of piperazine rings is 1. The van der Waals surface area contributed by atoms with Crippen molar-refractivity contribution >= 4 is 17.6 Å². The van der Waals surface area contributed by atoms with Crippen molar-refractivity contribution in [2.24, 2.45) is 10.9 Å². The summed E-state index contributed by atoms with van der Waals surface area (Å²) in [6.07, 6.45) is 2.38. The highest BCUT2D eigenvalue weighted by molar-refractivity contribution is 6.30. The van der Waals surface area contributed by atoms with E-state index in [0.29, 0.717) is 5.92 Å². The van der Waals surface area contributed by atoms with Crippen LogP contribution in [0.5, 0.6) is 0 Å². The molecule has 1 aliphatic carbocycles. The Morgan fingerprint density at radius 2 is 1.96 bits per heavy atom. The van der Waals surface area contributed by atoms with Gasteiger partial charge in [0.2, 0.25) is 0 Å². The summed E-state index contributed by atoms with van der Waals surface area (Å²) in [4.78, 5) is 9.90. The van der Waals surface area contributed by atoms with Crippen LogP contribution in [0.25, 0.3) is 0 Å². The van der Waals surface area contributed by atoms with Gasteiger partial charge in [0.15, 0.2) is 5.96 Å². The number of rotatable bonds is 8. The number of likely N-dealkylation sites (N-methyl/N-ethyl adjacent to an activating group) is 1. The first kappa shape index (κ1) is 21.4. The van der Waals surface area contributed by atoms with E-state index in [1.807, 2.05) is 12.1 Å². The highest BCUT2D eigenvalue weighted by atomic mass is 35.5. The lowest BCUT2D eigenvalue weighted by Gasteiger charge is -2.34. The summed E-state index contributed by atoms with van der Waals surface area (Å²) in [5.74, 6) is 1.52. The maximum Gasteiger partial charge on any atom is 0.191 e. The van der Waals surface area contributed by atoms with Gasteiger partial charge in [0.25, 0.3) is 0 Å². The molecule has 1 atom stereocenters. The molecule has 2 aliphatic rings. The second-order valence-electron chi connectivity index (χ2n) is 8.58. The fraction of sp³-hybridized carbons (Fsp3) is 0.682. The van der Waals surface area contributed by atoms with E-state index in [2.05, 4.69) is 53.5 Å². The van der Waals surface area contributed by atoms with Crippen LogP contribution >= 0.6 is 11.6 Å². The molecule has 2 fully saturated rings. The van der Waals surface area contributed by atoms with Crippen LogP contribution in [0.4, 0.5) is 0 Å². The van der Waals surface area contributed by atoms with Crippen LogP contribution in [0.15, 0.2) is 29.3 Å². The molecule has 0 aromatic heterocycles. The molecule has 1 heterocycles. The number of guanidine groups is 1. The first-order valence-corrected chi connectivity index (χ1v) is 11.1. The largest absolute Gasteiger partial charge is 0.357 e. The van der Waals surface area contributed by atoms with E-state index in [9.17, 15) is 0 Å². The molecule has 2 N–H and O–H groups in total. The van der Waals surface area contributed by atoms with Crippen LogP contribution in [0, 0.1) is 5.92 Å². The SMILES string of the molecule is CCNC(=NCC1(c2cccc(Cl)c2)CC1)NCC(C)CN1CCN(C)CC1. The van der Waals surface area contributed by atoms with E-state index in [1.54, 1.807) is 0 Å². The van der Waals surface area contributed by atoms with Gasteiger partial charge >= 0.3 is 0 Å². The fourth-order valence-corrected chi connectivity index (χ4v) is 4.08. The van der Waals surface area contributed by atoms with Gasteiger partial charge < -0.3 is 20.4 Å². The normalized spacial score (nSPS) is 21.4. The Hall–Kier alpha value is -1.30. The summed E-state index contributed by atoms with van der Waals surface area (Å²) < 4.78 is 0. The van der Waals surface area contributed by atoms with Gasteiger partial charge in [0, 0.05) is 56.3 Å². The molecule has 1 saturated heterocycles. The first-order valence-electron chi connectivity index (χ1n) is 10.7. The molecular formula is C22H36ClN5. The van der Waals surface area contributed by atoms with Gasteiger partial charge in [-0.25, -0.2) is 0 Å². The smallest absolute Gasteiger partial charge is 0.191 e. The molecule has 0 amide bonds. The summed E-state index contributed by atoms with van der Waals surface area (Å²) in [5.41, 5.74) is 1.50. The number of hydrogen-bond donors (Lipinski definition) is 2. The van der Waals surface area contributed by atoms with Crippen molar-refractivity contribution in [3.05, 3.63) is 34.9 Å². The van der Waals surface area contributed by atoms with Crippen LogP contribution in [-0.2, 0) is 5.41 Å². The fourth-order valence-electron chi connectivity index (χ4n) is 3.89. The molecule has 5 nitrogen and oxygen atoms in total. The summed E-state index contributed by atoms with van der Waals surface area (Å²) >= 11 is 6.20. The number of nitrogens with zero attached hydrogens (tertiary/aromatic N) is 3. The van der Waals surface area contributed by atoms with E-state index in [-0.39, 0.29) is 5.41 Å². The average Bonchev–Trinajstić information content (AvgIpc) is 3.47. The Morgan fingerprint density at radius 1 is 1.21 bits per heavy atom. The molecule has 0 bridgehead atoms. The van der Waals surface area contributed by atoms with Crippen molar-refractivity contribution in [3.8, 4) is 0 Å². The summed E-state index contributed by atoms with van der Waals surface area (Å²) in [6.45, 7) is 12.9. The lowest BCUT2D eigenvalue weighted by Crippen LogP contribution is -2.47. The molecule has 0 radical (unpaired) electrons. The summed E-state index contributed by atoms with van der Waals surface area (Å²) in [6, 6.07) is 8.28. The van der Waals surface area contributed by atoms with Gasteiger partial charge in [-0.3, -0.25) is 4.99 Å². The molecule has 1 aliphatic heterocycles. The molecule has 6 heteroatoms. The zero-order valence-corrected chi connectivity index (χ0v) is 18.4. The standard InChI is InChI=1S/C22H36ClN5/c1-4-24-21(25-15-18(2)16-28-12-10-27(3)11-13-28)26-17-22(8-9-22)19-6-5-7-20(23)14-19/h5-7,14,18H,4,8-13,15-17H2,1-3H3,(H2,24,25,26). The number of hydrogen-bond acceptors (Lipinski definition) is 3. The molecule has 1 saturated carbocycles. The van der Waals surface area contributed by atoms with Gasteiger partial charge in [0.05, 0.1) is 6.54 Å².